The van der Waals surface area contributed by atoms with Gasteiger partial charge >= 0.3 is 0 Å². The molecule has 0 spiro atoms. The molecule has 0 saturated heterocycles. The molecule has 78 valence electrons. The molecule has 1 aliphatic rings. The lowest BCUT2D eigenvalue weighted by Crippen LogP contribution is -2.16. The summed E-state index contributed by atoms with van der Waals surface area (Å²) < 4.78 is 6.08. The van der Waals surface area contributed by atoms with Gasteiger partial charge in [0, 0.05) is 15.3 Å². The fourth-order valence-corrected chi connectivity index (χ4v) is 2.25. The zero-order valence-electron chi connectivity index (χ0n) is 8.45. The summed E-state index contributed by atoms with van der Waals surface area (Å²) in [4.78, 5) is 16.2. The lowest BCUT2D eigenvalue weighted by Gasteiger charge is -2.16. The van der Waals surface area contributed by atoms with E-state index in [1.165, 1.54) is 0 Å². The van der Waals surface area contributed by atoms with Gasteiger partial charge < -0.3 is 4.74 Å². The summed E-state index contributed by atoms with van der Waals surface area (Å²) in [7, 11) is 1.60. The van der Waals surface area contributed by atoms with Gasteiger partial charge in [-0.25, -0.2) is 0 Å². The van der Waals surface area contributed by atoms with Crippen LogP contribution in [0.3, 0.4) is 0 Å². The molecule has 2 rings (SSSR count). The molecule has 4 heteroatoms. The lowest BCUT2D eigenvalue weighted by atomic mass is 9.96. The number of methoxy groups -OCH3 is 1. The minimum Gasteiger partial charge on any atom is -0.497 e. The summed E-state index contributed by atoms with van der Waals surface area (Å²) in [5.74, 6) is 0.674. The molecule has 1 aromatic rings. The lowest BCUT2D eigenvalue weighted by molar-refractivity contribution is 0.0962. The Morgan fingerprint density at radius 1 is 1.47 bits per heavy atom. The summed E-state index contributed by atoms with van der Waals surface area (Å²) in [5, 5.41) is 0. The number of fused-ring (bicyclic) bond motifs is 1. The minimum absolute atomic E-state index is 0.108. The molecule has 1 heterocycles. The second-order valence-electron chi connectivity index (χ2n) is 3.44. The van der Waals surface area contributed by atoms with Crippen molar-refractivity contribution in [2.75, 3.05) is 7.11 Å². The van der Waals surface area contributed by atoms with E-state index in [1.807, 2.05) is 13.0 Å². The second kappa shape index (κ2) is 3.92. The molecule has 1 atom stereocenters. The molecule has 0 radical (unpaired) electrons. The fourth-order valence-electron chi connectivity index (χ4n) is 1.51. The predicted molar refractivity (Wildman–Crippen MR) is 67.4 cm³/mol. The van der Waals surface area contributed by atoms with E-state index in [4.69, 9.17) is 4.74 Å². The maximum atomic E-state index is 11.9. The third kappa shape index (κ3) is 1.78. The Bertz CT molecular complexity index is 454. The van der Waals surface area contributed by atoms with Crippen LogP contribution < -0.4 is 4.74 Å². The van der Waals surface area contributed by atoms with Crippen LogP contribution in [0.1, 0.15) is 17.3 Å². The largest absolute Gasteiger partial charge is 0.497 e. The SMILES string of the molecule is COc1cc(I)c2c(c1)C(=O)C(C)C=N2. The number of ether oxygens (including phenoxy) is 1. The molecule has 15 heavy (non-hydrogen) atoms. The number of hydrogen-bond acceptors (Lipinski definition) is 3. The van der Waals surface area contributed by atoms with Crippen molar-refractivity contribution in [2.24, 2.45) is 10.9 Å². The highest BCUT2D eigenvalue weighted by Gasteiger charge is 2.23. The number of hydrogen-bond donors (Lipinski definition) is 0. The quantitative estimate of drug-likeness (QED) is 0.748. The Morgan fingerprint density at radius 3 is 2.87 bits per heavy atom. The van der Waals surface area contributed by atoms with Crippen LogP contribution in [0, 0.1) is 9.49 Å². The second-order valence-corrected chi connectivity index (χ2v) is 4.60. The normalized spacial score (nSPS) is 18.9. The molecule has 0 bridgehead atoms. The van der Waals surface area contributed by atoms with E-state index in [1.54, 1.807) is 19.4 Å². The molecule has 0 saturated carbocycles. The first-order valence-electron chi connectivity index (χ1n) is 4.59. The van der Waals surface area contributed by atoms with Crippen LogP contribution >= 0.6 is 22.6 Å². The van der Waals surface area contributed by atoms with Gasteiger partial charge in [-0.3, -0.25) is 9.79 Å². The van der Waals surface area contributed by atoms with Crippen molar-refractivity contribution in [3.8, 4) is 5.75 Å². The topological polar surface area (TPSA) is 38.7 Å². The Kier molecular flexibility index (Phi) is 2.77. The summed E-state index contributed by atoms with van der Waals surface area (Å²) in [5.41, 5.74) is 1.42. The van der Waals surface area contributed by atoms with Crippen molar-refractivity contribution in [1.29, 1.82) is 0 Å². The number of Topliss-reactive ketones (excluding diaryl/α,β-unsaturated/α-hetero) is 1. The average Bonchev–Trinajstić information content (AvgIpc) is 2.23. The van der Waals surface area contributed by atoms with Gasteiger partial charge in [0.25, 0.3) is 0 Å². The number of carbonyl (C=O) groups is 1. The monoisotopic (exact) mass is 315 g/mol. The van der Waals surface area contributed by atoms with Crippen LogP contribution in [-0.2, 0) is 0 Å². The maximum Gasteiger partial charge on any atom is 0.173 e. The molecule has 3 nitrogen and oxygen atoms in total. The summed E-state index contributed by atoms with van der Waals surface area (Å²) in [6, 6.07) is 3.63. The Hall–Kier alpha value is -0.910. The molecule has 1 unspecified atom stereocenters. The van der Waals surface area contributed by atoms with Crippen molar-refractivity contribution in [3.63, 3.8) is 0 Å². The van der Waals surface area contributed by atoms with Crippen molar-refractivity contribution >= 4 is 40.3 Å². The van der Waals surface area contributed by atoms with Gasteiger partial charge in [0.1, 0.15) is 5.75 Å². The first kappa shape index (κ1) is 10.6. The fraction of sp³-hybridized carbons (Fsp3) is 0.273. The summed E-state index contributed by atoms with van der Waals surface area (Å²) >= 11 is 2.16. The first-order chi connectivity index (χ1) is 7.13. The molecule has 0 aliphatic carbocycles. The maximum absolute atomic E-state index is 11.9. The van der Waals surface area contributed by atoms with Gasteiger partial charge in [0.15, 0.2) is 5.78 Å². The van der Waals surface area contributed by atoms with E-state index in [2.05, 4.69) is 27.6 Å². The molecule has 0 N–H and O–H groups in total. The Balaban J connectivity index is 2.63. The number of aliphatic imine (C=N–C) groups is 1. The van der Waals surface area contributed by atoms with Crippen LogP contribution in [-0.4, -0.2) is 19.1 Å². The van der Waals surface area contributed by atoms with Gasteiger partial charge in [-0.05, 0) is 34.7 Å². The predicted octanol–water partition coefficient (Wildman–Crippen LogP) is 2.83. The molecule has 0 aromatic heterocycles. The van der Waals surface area contributed by atoms with E-state index >= 15 is 0 Å². The number of halogens is 1. The number of benzene rings is 1. The van der Waals surface area contributed by atoms with E-state index < -0.39 is 0 Å². The van der Waals surface area contributed by atoms with Crippen LogP contribution in [0.2, 0.25) is 0 Å². The summed E-state index contributed by atoms with van der Waals surface area (Å²) in [6.07, 6.45) is 1.69. The van der Waals surface area contributed by atoms with E-state index in [-0.39, 0.29) is 11.7 Å². The van der Waals surface area contributed by atoms with E-state index in [9.17, 15) is 4.79 Å². The van der Waals surface area contributed by atoms with Gasteiger partial charge in [0.05, 0.1) is 18.7 Å². The Morgan fingerprint density at radius 2 is 2.20 bits per heavy atom. The highest BCUT2D eigenvalue weighted by Crippen LogP contribution is 2.34. The third-order valence-electron chi connectivity index (χ3n) is 2.38. The van der Waals surface area contributed by atoms with Crippen molar-refractivity contribution in [2.45, 2.75) is 6.92 Å². The average molecular weight is 315 g/mol. The number of nitrogens with zero attached hydrogens (tertiary/aromatic N) is 1. The standard InChI is InChI=1S/C11H10INO2/c1-6-5-13-10-8(11(6)14)3-7(15-2)4-9(10)12/h3-6H,1-2H3. The molecule has 1 aliphatic heterocycles. The van der Waals surface area contributed by atoms with Crippen molar-refractivity contribution in [1.82, 2.24) is 0 Å². The van der Waals surface area contributed by atoms with Crippen LogP contribution in [0.25, 0.3) is 0 Å². The van der Waals surface area contributed by atoms with Crippen LogP contribution in [0.15, 0.2) is 17.1 Å². The van der Waals surface area contributed by atoms with Crippen molar-refractivity contribution < 1.29 is 9.53 Å². The third-order valence-corrected chi connectivity index (χ3v) is 3.20. The Labute approximate surface area is 102 Å². The van der Waals surface area contributed by atoms with E-state index in [0.717, 1.165) is 9.26 Å². The molecular formula is C11H10INO2. The van der Waals surface area contributed by atoms with E-state index in [0.29, 0.717) is 11.3 Å². The minimum atomic E-state index is -0.139. The highest BCUT2D eigenvalue weighted by molar-refractivity contribution is 14.1. The van der Waals surface area contributed by atoms with Crippen molar-refractivity contribution in [3.05, 3.63) is 21.3 Å². The zero-order valence-corrected chi connectivity index (χ0v) is 10.6. The number of rotatable bonds is 1. The first-order valence-corrected chi connectivity index (χ1v) is 5.67. The van der Waals surface area contributed by atoms with Gasteiger partial charge in [-0.2, -0.15) is 0 Å². The molecular weight excluding hydrogens is 305 g/mol. The van der Waals surface area contributed by atoms with Gasteiger partial charge in [-0.15, -0.1) is 0 Å². The highest BCUT2D eigenvalue weighted by atomic mass is 127. The van der Waals surface area contributed by atoms with Gasteiger partial charge in [0.2, 0.25) is 0 Å². The molecule has 0 fully saturated rings. The zero-order chi connectivity index (χ0) is 11.0. The van der Waals surface area contributed by atoms with Crippen LogP contribution in [0.5, 0.6) is 5.75 Å². The summed E-state index contributed by atoms with van der Waals surface area (Å²) in [6.45, 7) is 1.85. The molecule has 1 aromatic carbocycles. The van der Waals surface area contributed by atoms with Gasteiger partial charge in [-0.1, -0.05) is 6.92 Å². The smallest absolute Gasteiger partial charge is 0.173 e. The van der Waals surface area contributed by atoms with Crippen LogP contribution in [0.4, 0.5) is 5.69 Å². The molecule has 0 amide bonds. The number of ketones is 1. The number of carbonyl (C=O) groups excluding carboxylic acids is 1.